The maximum atomic E-state index is 13.0. The Kier molecular flexibility index (Phi) is 4.40. The summed E-state index contributed by atoms with van der Waals surface area (Å²) < 4.78 is 5.43. The van der Waals surface area contributed by atoms with E-state index in [-0.39, 0.29) is 17.8 Å². The third kappa shape index (κ3) is 2.34. The monoisotopic (exact) mass is 331 g/mol. The number of methoxy groups -OCH3 is 1. The van der Waals surface area contributed by atoms with E-state index in [2.05, 4.69) is 0 Å². The van der Waals surface area contributed by atoms with Gasteiger partial charge in [-0.2, -0.15) is 0 Å². The van der Waals surface area contributed by atoms with Gasteiger partial charge in [0.2, 0.25) is 0 Å². The van der Waals surface area contributed by atoms with Gasteiger partial charge < -0.3 is 9.84 Å². The van der Waals surface area contributed by atoms with Crippen molar-refractivity contribution in [2.75, 3.05) is 14.2 Å². The molecule has 0 unspecified atom stereocenters. The summed E-state index contributed by atoms with van der Waals surface area (Å²) in [5.41, 5.74) is 2.37. The second-order valence-electron chi connectivity index (χ2n) is 6.74. The molecular weight excluding hydrogens is 306 g/mol. The van der Waals surface area contributed by atoms with Crippen LogP contribution in [0.3, 0.4) is 0 Å². The minimum Gasteiger partial charge on any atom is -0.509 e. The van der Waals surface area contributed by atoms with Crippen LogP contribution in [0.15, 0.2) is 24.0 Å². The number of nitrogens with zero attached hydrogens (tertiary/aromatic N) is 1. The highest BCUT2D eigenvalue weighted by Crippen LogP contribution is 2.48. The van der Waals surface area contributed by atoms with Gasteiger partial charge in [0.1, 0.15) is 11.3 Å². The van der Waals surface area contributed by atoms with Crippen LogP contribution < -0.4 is 0 Å². The fourth-order valence-electron chi connectivity index (χ4n) is 4.16. The standard InChI is InChI=1S/C19H25NO4/c1-12-6-5-7-13(2)15(12)16-17(21)19(20(24-4)18(16)22)10-8-14(23-3)9-11-19/h5-7,14,21H,8-11H2,1-4H3. The molecule has 1 saturated carbocycles. The van der Waals surface area contributed by atoms with Crippen molar-refractivity contribution < 1.29 is 19.5 Å². The molecule has 0 radical (unpaired) electrons. The molecule has 1 aliphatic carbocycles. The van der Waals surface area contributed by atoms with Crippen LogP contribution >= 0.6 is 0 Å². The minimum absolute atomic E-state index is 0.140. The Morgan fingerprint density at radius 3 is 2.25 bits per heavy atom. The van der Waals surface area contributed by atoms with Crippen molar-refractivity contribution in [3.8, 4) is 0 Å². The summed E-state index contributed by atoms with van der Waals surface area (Å²) in [5.74, 6) is -0.121. The van der Waals surface area contributed by atoms with Gasteiger partial charge in [-0.3, -0.25) is 9.63 Å². The molecule has 0 atom stereocenters. The first-order valence-electron chi connectivity index (χ1n) is 8.38. The number of hydroxylamine groups is 2. The lowest BCUT2D eigenvalue weighted by Gasteiger charge is -2.41. The molecule has 1 aromatic carbocycles. The molecule has 1 spiro atoms. The first-order valence-corrected chi connectivity index (χ1v) is 8.38. The van der Waals surface area contributed by atoms with E-state index in [0.29, 0.717) is 18.4 Å². The van der Waals surface area contributed by atoms with Gasteiger partial charge in [-0.15, -0.1) is 0 Å². The van der Waals surface area contributed by atoms with E-state index in [9.17, 15) is 9.90 Å². The molecule has 1 heterocycles. The van der Waals surface area contributed by atoms with Crippen LogP contribution in [0.4, 0.5) is 0 Å². The molecule has 3 rings (SSSR count). The second-order valence-corrected chi connectivity index (χ2v) is 6.74. The third-order valence-corrected chi connectivity index (χ3v) is 5.47. The van der Waals surface area contributed by atoms with Gasteiger partial charge >= 0.3 is 0 Å². The summed E-state index contributed by atoms with van der Waals surface area (Å²) in [4.78, 5) is 18.5. The maximum Gasteiger partial charge on any atom is 0.282 e. The zero-order chi connectivity index (χ0) is 17.5. The highest BCUT2D eigenvalue weighted by molar-refractivity contribution is 6.23. The van der Waals surface area contributed by atoms with Crippen LogP contribution in [-0.4, -0.2) is 41.9 Å². The van der Waals surface area contributed by atoms with Crippen LogP contribution in [0, 0.1) is 13.8 Å². The normalized spacial score (nSPS) is 27.4. The van der Waals surface area contributed by atoms with Crippen molar-refractivity contribution in [1.29, 1.82) is 0 Å². The largest absolute Gasteiger partial charge is 0.509 e. The molecule has 1 aromatic rings. The lowest BCUT2D eigenvalue weighted by atomic mass is 9.78. The predicted octanol–water partition coefficient (Wildman–Crippen LogP) is 3.30. The maximum absolute atomic E-state index is 13.0. The van der Waals surface area contributed by atoms with Crippen molar-refractivity contribution in [3.63, 3.8) is 0 Å². The van der Waals surface area contributed by atoms with Crippen molar-refractivity contribution in [2.45, 2.75) is 51.2 Å². The number of rotatable bonds is 3. The van der Waals surface area contributed by atoms with Crippen LogP contribution in [0.5, 0.6) is 0 Å². The molecule has 0 saturated heterocycles. The molecule has 130 valence electrons. The Labute approximate surface area is 142 Å². The Morgan fingerprint density at radius 1 is 1.17 bits per heavy atom. The SMILES string of the molecule is COC1CCC2(CC1)C(O)=C(c1c(C)cccc1C)C(=O)N2OC. The fraction of sp³-hybridized carbons (Fsp3) is 0.526. The Hall–Kier alpha value is -1.85. The lowest BCUT2D eigenvalue weighted by molar-refractivity contribution is -0.203. The number of amides is 1. The van der Waals surface area contributed by atoms with Crippen LogP contribution in [0.2, 0.25) is 0 Å². The van der Waals surface area contributed by atoms with Crippen molar-refractivity contribution in [3.05, 3.63) is 40.6 Å². The Balaban J connectivity index is 2.11. The predicted molar refractivity (Wildman–Crippen MR) is 91.3 cm³/mol. The molecule has 2 aliphatic rings. The van der Waals surface area contributed by atoms with Crippen molar-refractivity contribution in [1.82, 2.24) is 5.06 Å². The number of benzene rings is 1. The summed E-state index contributed by atoms with van der Waals surface area (Å²) in [6.07, 6.45) is 3.00. The van der Waals surface area contributed by atoms with E-state index in [4.69, 9.17) is 9.57 Å². The van der Waals surface area contributed by atoms with Gasteiger partial charge in [0.15, 0.2) is 0 Å². The first-order chi connectivity index (χ1) is 11.5. The number of carbonyl (C=O) groups is 1. The molecule has 0 bridgehead atoms. The van der Waals surface area contributed by atoms with E-state index in [1.54, 1.807) is 7.11 Å². The molecule has 5 heteroatoms. The van der Waals surface area contributed by atoms with Crippen LogP contribution in [-0.2, 0) is 14.4 Å². The van der Waals surface area contributed by atoms with Crippen LogP contribution in [0.25, 0.3) is 5.57 Å². The summed E-state index contributed by atoms with van der Waals surface area (Å²) >= 11 is 0. The number of aliphatic hydroxyl groups excluding tert-OH is 1. The summed E-state index contributed by atoms with van der Waals surface area (Å²) in [6, 6.07) is 5.87. The summed E-state index contributed by atoms with van der Waals surface area (Å²) in [6.45, 7) is 3.92. The number of carbonyl (C=O) groups excluding carboxylic acids is 1. The number of aliphatic hydroxyl groups is 1. The van der Waals surface area contributed by atoms with E-state index in [1.807, 2.05) is 32.0 Å². The molecule has 1 aliphatic heterocycles. The summed E-state index contributed by atoms with van der Waals surface area (Å²) in [5, 5.41) is 12.5. The molecule has 1 fully saturated rings. The topological polar surface area (TPSA) is 59.0 Å². The van der Waals surface area contributed by atoms with Crippen molar-refractivity contribution in [2.24, 2.45) is 0 Å². The second kappa shape index (κ2) is 6.22. The van der Waals surface area contributed by atoms with Gasteiger partial charge in [0.05, 0.1) is 18.8 Å². The average Bonchev–Trinajstić information content (AvgIpc) is 2.77. The summed E-state index contributed by atoms with van der Waals surface area (Å²) in [7, 11) is 3.19. The highest BCUT2D eigenvalue weighted by atomic mass is 16.7. The Morgan fingerprint density at radius 2 is 1.75 bits per heavy atom. The third-order valence-electron chi connectivity index (χ3n) is 5.47. The van der Waals surface area contributed by atoms with E-state index >= 15 is 0 Å². The number of hydrogen-bond acceptors (Lipinski definition) is 4. The van der Waals surface area contributed by atoms with Gasteiger partial charge in [0, 0.05) is 7.11 Å². The number of aryl methyl sites for hydroxylation is 2. The minimum atomic E-state index is -0.773. The zero-order valence-electron chi connectivity index (χ0n) is 14.8. The molecule has 1 N–H and O–H groups in total. The highest BCUT2D eigenvalue weighted by Gasteiger charge is 2.55. The smallest absolute Gasteiger partial charge is 0.282 e. The first kappa shape index (κ1) is 17.0. The van der Waals surface area contributed by atoms with E-state index in [1.165, 1.54) is 12.2 Å². The van der Waals surface area contributed by atoms with E-state index in [0.717, 1.165) is 29.5 Å². The molecule has 24 heavy (non-hydrogen) atoms. The van der Waals surface area contributed by atoms with E-state index < -0.39 is 5.54 Å². The Bertz CT molecular complexity index is 666. The fourth-order valence-corrected chi connectivity index (χ4v) is 4.16. The van der Waals surface area contributed by atoms with Gasteiger partial charge in [-0.1, -0.05) is 18.2 Å². The quantitative estimate of drug-likeness (QED) is 0.923. The molecular formula is C19H25NO4. The van der Waals surface area contributed by atoms with Gasteiger partial charge in [0.25, 0.3) is 5.91 Å². The van der Waals surface area contributed by atoms with Crippen LogP contribution in [0.1, 0.15) is 42.4 Å². The number of hydrogen-bond donors (Lipinski definition) is 1. The van der Waals surface area contributed by atoms with Gasteiger partial charge in [-0.05, 0) is 56.2 Å². The molecule has 0 aromatic heterocycles. The molecule has 5 nitrogen and oxygen atoms in total. The van der Waals surface area contributed by atoms with Gasteiger partial charge in [-0.25, -0.2) is 5.06 Å². The van der Waals surface area contributed by atoms with Crippen molar-refractivity contribution >= 4 is 11.5 Å². The molecule has 1 amide bonds. The lowest BCUT2D eigenvalue weighted by Crippen LogP contribution is -2.50. The number of ether oxygens (including phenoxy) is 1. The zero-order valence-corrected chi connectivity index (χ0v) is 14.8. The average molecular weight is 331 g/mol.